The molecular weight excluding hydrogens is 517 g/mol. The smallest absolute Gasteiger partial charge is 0.287 e. The zero-order valence-electron chi connectivity index (χ0n) is 20.0. The fourth-order valence-corrected chi connectivity index (χ4v) is 4.38. The van der Waals surface area contributed by atoms with Crippen LogP contribution >= 0.6 is 23.2 Å². The summed E-state index contributed by atoms with van der Waals surface area (Å²) in [4.78, 5) is 38.8. The predicted octanol–water partition coefficient (Wildman–Crippen LogP) is 3.98. The van der Waals surface area contributed by atoms with Crippen LogP contribution in [0.5, 0.6) is 0 Å². The van der Waals surface area contributed by atoms with Gasteiger partial charge in [0.25, 0.3) is 5.91 Å². The van der Waals surface area contributed by atoms with E-state index in [2.05, 4.69) is 5.32 Å². The first-order valence-corrected chi connectivity index (χ1v) is 12.3. The van der Waals surface area contributed by atoms with Gasteiger partial charge in [-0.1, -0.05) is 29.3 Å². The summed E-state index contributed by atoms with van der Waals surface area (Å²) in [6.07, 6.45) is 1.91. The first-order valence-electron chi connectivity index (χ1n) is 11.5. The van der Waals surface area contributed by atoms with Crippen molar-refractivity contribution in [3.63, 3.8) is 0 Å². The van der Waals surface area contributed by atoms with Crippen molar-refractivity contribution >= 4 is 51.8 Å². The molecule has 2 aromatic carbocycles. The lowest BCUT2D eigenvalue weighted by Crippen LogP contribution is -2.38. The highest BCUT2D eigenvalue weighted by atomic mass is 35.5. The second kappa shape index (κ2) is 11.5. The van der Waals surface area contributed by atoms with Gasteiger partial charge < -0.3 is 23.8 Å². The number of hydrogen-bond donors (Lipinski definition) is 2. The fourth-order valence-electron chi connectivity index (χ4n) is 3.98. The summed E-state index contributed by atoms with van der Waals surface area (Å²) >= 11 is 12.4. The summed E-state index contributed by atoms with van der Waals surface area (Å²) in [6.45, 7) is 0.600. The molecule has 9 nitrogen and oxygen atoms in total. The molecule has 2 N–H and O–H groups in total. The second-order valence-corrected chi connectivity index (χ2v) is 9.27. The molecule has 192 valence electrons. The van der Waals surface area contributed by atoms with Gasteiger partial charge in [0, 0.05) is 30.7 Å². The summed E-state index contributed by atoms with van der Waals surface area (Å²) in [5.41, 5.74) is 1.95. The van der Waals surface area contributed by atoms with Gasteiger partial charge in [-0.3, -0.25) is 19.8 Å². The monoisotopic (exact) mass is 541 g/mol. The number of nitrogens with one attached hydrogen (secondary N) is 2. The molecule has 0 bridgehead atoms. The first-order chi connectivity index (χ1) is 17.8. The van der Waals surface area contributed by atoms with Crippen molar-refractivity contribution < 1.29 is 18.8 Å². The number of halogens is 2. The largest absolute Gasteiger partial charge is 0.459 e. The number of nitrogens with zero attached hydrogens (tertiary/aromatic N) is 3. The van der Waals surface area contributed by atoms with Gasteiger partial charge in [0.2, 0.25) is 11.5 Å². The molecule has 0 aliphatic carbocycles. The normalized spacial score (nSPS) is 11.0. The van der Waals surface area contributed by atoms with E-state index in [9.17, 15) is 14.4 Å². The molecule has 0 radical (unpaired) electrons. The number of aryl methyl sites for hydroxylation is 1. The van der Waals surface area contributed by atoms with Gasteiger partial charge in [0.15, 0.2) is 11.5 Å². The van der Waals surface area contributed by atoms with E-state index in [0.717, 1.165) is 0 Å². The standard InChI is InChI=1S/C26H25Cl2N5O4/c1-31(23(35)15-30-25(36)22-7-3-14-37-22)12-4-13-32-24-19(28)5-2-6-20(24)33(26(32)29)16-21(34)17-8-10-18(27)11-9-17/h2-3,5-11,14,29H,4,12-13,15-16H2,1H3,(H,30,36). The van der Waals surface area contributed by atoms with Crippen LogP contribution in [-0.4, -0.2) is 51.8 Å². The van der Waals surface area contributed by atoms with Crippen LogP contribution in [0.3, 0.4) is 0 Å². The molecule has 4 rings (SSSR count). The van der Waals surface area contributed by atoms with Crippen molar-refractivity contribution in [1.29, 1.82) is 5.41 Å². The predicted molar refractivity (Wildman–Crippen MR) is 140 cm³/mol. The number of para-hydroxylation sites is 1. The third kappa shape index (κ3) is 5.95. The second-order valence-electron chi connectivity index (χ2n) is 8.43. The van der Waals surface area contributed by atoms with Crippen LogP contribution in [-0.2, 0) is 17.9 Å². The van der Waals surface area contributed by atoms with Crippen LogP contribution in [0.15, 0.2) is 65.3 Å². The number of Topliss-reactive ketones (excluding diaryl/α,β-unsaturated/α-hetero) is 1. The minimum Gasteiger partial charge on any atom is -0.459 e. The maximum absolute atomic E-state index is 12.9. The van der Waals surface area contributed by atoms with E-state index in [1.54, 1.807) is 58.6 Å². The minimum absolute atomic E-state index is 0.0297. The van der Waals surface area contributed by atoms with E-state index >= 15 is 0 Å². The number of amides is 2. The number of benzene rings is 2. The Morgan fingerprint density at radius 2 is 1.78 bits per heavy atom. The number of carbonyl (C=O) groups is 3. The number of imidazole rings is 1. The Morgan fingerprint density at radius 3 is 2.49 bits per heavy atom. The Kier molecular flexibility index (Phi) is 8.15. The lowest BCUT2D eigenvalue weighted by atomic mass is 10.1. The first kappa shape index (κ1) is 26.2. The molecule has 2 aromatic heterocycles. The summed E-state index contributed by atoms with van der Waals surface area (Å²) in [6, 6.07) is 15.1. The fraction of sp³-hybridized carbons (Fsp3) is 0.231. The van der Waals surface area contributed by atoms with Gasteiger partial charge in [-0.2, -0.15) is 0 Å². The van der Waals surface area contributed by atoms with Crippen molar-refractivity contribution in [2.24, 2.45) is 0 Å². The highest BCUT2D eigenvalue weighted by Crippen LogP contribution is 2.23. The molecule has 2 amide bonds. The topological polar surface area (TPSA) is 113 Å². The Hall–Kier alpha value is -3.82. The molecule has 4 aromatic rings. The van der Waals surface area contributed by atoms with E-state index in [1.165, 1.54) is 17.2 Å². The van der Waals surface area contributed by atoms with Crippen molar-refractivity contribution in [1.82, 2.24) is 19.4 Å². The lowest BCUT2D eigenvalue weighted by Gasteiger charge is -2.17. The Labute approximate surface area is 222 Å². The number of likely N-dealkylation sites (N-methyl/N-ethyl adjacent to an activating group) is 1. The van der Waals surface area contributed by atoms with Crippen molar-refractivity contribution in [3.8, 4) is 0 Å². The maximum atomic E-state index is 12.9. The highest BCUT2D eigenvalue weighted by molar-refractivity contribution is 6.35. The summed E-state index contributed by atoms with van der Waals surface area (Å²) in [7, 11) is 1.65. The average Bonchev–Trinajstić information content (AvgIpc) is 3.51. The molecule has 11 heteroatoms. The van der Waals surface area contributed by atoms with Crippen molar-refractivity contribution in [3.05, 3.63) is 87.8 Å². The van der Waals surface area contributed by atoms with Crippen LogP contribution < -0.4 is 10.9 Å². The average molecular weight is 542 g/mol. The third-order valence-electron chi connectivity index (χ3n) is 5.95. The molecule has 2 heterocycles. The van der Waals surface area contributed by atoms with Crippen LogP contribution in [0.1, 0.15) is 27.3 Å². The molecule has 0 spiro atoms. The van der Waals surface area contributed by atoms with Gasteiger partial charge in [0.05, 0.1) is 35.4 Å². The zero-order valence-corrected chi connectivity index (χ0v) is 21.6. The number of ketones is 1. The van der Waals surface area contributed by atoms with E-state index in [4.69, 9.17) is 33.0 Å². The number of furan rings is 1. The molecule has 0 fully saturated rings. The number of aromatic nitrogens is 2. The molecule has 0 aliphatic rings. The Bertz CT molecular complexity index is 1490. The minimum atomic E-state index is -0.461. The molecule has 0 atom stereocenters. The third-order valence-corrected chi connectivity index (χ3v) is 6.51. The zero-order chi connectivity index (χ0) is 26.5. The van der Waals surface area contributed by atoms with Crippen LogP contribution in [0, 0.1) is 5.41 Å². The number of carbonyl (C=O) groups excluding carboxylic acids is 3. The van der Waals surface area contributed by atoms with Crippen molar-refractivity contribution in [2.45, 2.75) is 19.5 Å². The lowest BCUT2D eigenvalue weighted by molar-refractivity contribution is -0.128. The van der Waals surface area contributed by atoms with Gasteiger partial charge in [0.1, 0.15) is 0 Å². The number of rotatable bonds is 10. The molecule has 0 unspecified atom stereocenters. The summed E-state index contributed by atoms with van der Waals surface area (Å²) < 4.78 is 8.38. The SMILES string of the molecule is CN(CCCn1c(=N)n(CC(=O)c2ccc(Cl)cc2)c2cccc(Cl)c21)C(=O)CNC(=O)c1ccco1. The van der Waals surface area contributed by atoms with E-state index in [-0.39, 0.29) is 36.2 Å². The van der Waals surface area contributed by atoms with E-state index in [1.807, 2.05) is 6.07 Å². The maximum Gasteiger partial charge on any atom is 0.287 e. The van der Waals surface area contributed by atoms with E-state index in [0.29, 0.717) is 46.2 Å². The summed E-state index contributed by atoms with van der Waals surface area (Å²) in [5.74, 6) is -0.740. The highest BCUT2D eigenvalue weighted by Gasteiger charge is 2.18. The van der Waals surface area contributed by atoms with Crippen LogP contribution in [0.4, 0.5) is 0 Å². The Morgan fingerprint density at radius 1 is 1.03 bits per heavy atom. The Balaban J connectivity index is 1.43. The molecule has 0 saturated carbocycles. The summed E-state index contributed by atoms with van der Waals surface area (Å²) in [5, 5.41) is 12.3. The quantitative estimate of drug-likeness (QED) is 0.295. The van der Waals surface area contributed by atoms with Gasteiger partial charge in [-0.05, 0) is 55.0 Å². The van der Waals surface area contributed by atoms with Crippen LogP contribution in [0.25, 0.3) is 11.0 Å². The van der Waals surface area contributed by atoms with E-state index < -0.39 is 5.91 Å². The number of fused-ring (bicyclic) bond motifs is 1. The molecule has 37 heavy (non-hydrogen) atoms. The van der Waals surface area contributed by atoms with Gasteiger partial charge >= 0.3 is 0 Å². The number of hydrogen-bond acceptors (Lipinski definition) is 5. The van der Waals surface area contributed by atoms with Crippen molar-refractivity contribution in [2.75, 3.05) is 20.1 Å². The van der Waals surface area contributed by atoms with Gasteiger partial charge in [-0.15, -0.1) is 0 Å². The molecular formula is C26H25Cl2N5O4. The molecule has 0 saturated heterocycles. The van der Waals surface area contributed by atoms with Gasteiger partial charge in [-0.25, -0.2) is 0 Å². The van der Waals surface area contributed by atoms with Crippen LogP contribution in [0.2, 0.25) is 10.0 Å². The molecule has 0 aliphatic heterocycles.